The fourth-order valence-corrected chi connectivity index (χ4v) is 10.8. The lowest BCUT2D eigenvalue weighted by molar-refractivity contribution is -0.161. The number of phosphoric ester groups is 2. The fourth-order valence-electron chi connectivity index (χ4n) is 9.23. The molecule has 0 aromatic carbocycles. The molecule has 0 radical (unpaired) electrons. The Labute approximate surface area is 492 Å². The summed E-state index contributed by atoms with van der Waals surface area (Å²) in [5.74, 6) is -1.37. The van der Waals surface area contributed by atoms with Crippen molar-refractivity contribution in [3.8, 4) is 0 Å². The molecule has 0 saturated carbocycles. The third-order valence-corrected chi connectivity index (χ3v) is 16.2. The highest BCUT2D eigenvalue weighted by atomic mass is 31.2. The van der Waals surface area contributed by atoms with Gasteiger partial charge in [0, 0.05) is 25.7 Å². The normalized spacial score (nSPS) is 14.3. The molecule has 2 unspecified atom stereocenters. The number of rotatable bonds is 62. The predicted molar refractivity (Wildman–Crippen MR) is 322 cm³/mol. The lowest BCUT2D eigenvalue weighted by Crippen LogP contribution is -2.30. The molecule has 81 heavy (non-hydrogen) atoms. The summed E-state index contributed by atoms with van der Waals surface area (Å²) < 4.78 is 67.7. The van der Waals surface area contributed by atoms with Crippen LogP contribution in [0.5, 0.6) is 0 Å². The van der Waals surface area contributed by atoms with Crippen LogP contribution in [-0.4, -0.2) is 96.7 Å². The van der Waals surface area contributed by atoms with Crippen LogP contribution in [-0.2, 0) is 65.4 Å². The summed E-state index contributed by atoms with van der Waals surface area (Å²) in [6, 6.07) is 0. The van der Waals surface area contributed by atoms with E-state index < -0.39 is 97.5 Å². The van der Waals surface area contributed by atoms with Crippen LogP contribution in [0.4, 0.5) is 0 Å². The Balaban J connectivity index is 5.16. The molecule has 0 heterocycles. The standard InChI is InChI=1S/C62H120O17P2/c1-6-9-12-15-17-19-20-21-25-28-32-36-41-46-60(65)73-52-58(79-62(67)48-43-38-33-29-26-23-22-24-27-30-35-39-44-55(4)5)54-77-81(70,71)75-50-56(63)49-74-80(68,69)76-53-57(51-72-59(64)45-40-34-14-11-8-3)78-61(66)47-42-37-31-18-16-13-10-7-2/h55-58,63H,6-54H2,1-5H3,(H,68,69)(H,70,71)/t56-,57+,58+/m0/s1. The molecule has 0 aliphatic heterocycles. The van der Waals surface area contributed by atoms with E-state index in [1.54, 1.807) is 0 Å². The first kappa shape index (κ1) is 79.1. The first-order valence-electron chi connectivity index (χ1n) is 32.6. The molecule has 0 aliphatic rings. The number of aliphatic hydroxyl groups excluding tert-OH is 1. The molecule has 5 atom stereocenters. The van der Waals surface area contributed by atoms with E-state index in [9.17, 15) is 43.2 Å². The minimum Gasteiger partial charge on any atom is -0.462 e. The molecule has 19 heteroatoms. The Morgan fingerprint density at radius 3 is 0.840 bits per heavy atom. The second-order valence-electron chi connectivity index (χ2n) is 22.9. The SMILES string of the molecule is CCCCCCCCCCCCCCCC(=O)OC[C@H](COP(=O)(O)OC[C@@H](O)COP(=O)(O)OC[C@@H](COC(=O)CCCCCCC)OC(=O)CCCCCCCCCC)OC(=O)CCCCCCCCCCCCCCC(C)C. The number of esters is 4. The number of hydrogen-bond donors (Lipinski definition) is 3. The first-order valence-corrected chi connectivity index (χ1v) is 35.6. The van der Waals surface area contributed by atoms with Gasteiger partial charge in [-0.2, -0.15) is 0 Å². The van der Waals surface area contributed by atoms with Gasteiger partial charge in [-0.1, -0.05) is 259 Å². The number of unbranched alkanes of at least 4 members (excludes halogenated alkanes) is 34. The van der Waals surface area contributed by atoms with E-state index in [0.29, 0.717) is 25.7 Å². The predicted octanol–water partition coefficient (Wildman–Crippen LogP) is 17.0. The van der Waals surface area contributed by atoms with Gasteiger partial charge in [-0.25, -0.2) is 9.13 Å². The second-order valence-corrected chi connectivity index (χ2v) is 25.8. The van der Waals surface area contributed by atoms with Gasteiger partial charge < -0.3 is 33.8 Å². The van der Waals surface area contributed by atoms with E-state index in [1.807, 2.05) is 0 Å². The highest BCUT2D eigenvalue weighted by Gasteiger charge is 2.30. The lowest BCUT2D eigenvalue weighted by atomic mass is 10.0. The Bertz CT molecular complexity index is 1580. The van der Waals surface area contributed by atoms with Crippen LogP contribution in [0.1, 0.15) is 311 Å². The van der Waals surface area contributed by atoms with E-state index in [0.717, 1.165) is 109 Å². The summed E-state index contributed by atoms with van der Waals surface area (Å²) in [6.45, 7) is 7.08. The summed E-state index contributed by atoms with van der Waals surface area (Å²) in [6.07, 6.45) is 39.3. The van der Waals surface area contributed by atoms with Gasteiger partial charge in [0.15, 0.2) is 12.2 Å². The highest BCUT2D eigenvalue weighted by molar-refractivity contribution is 7.47. The van der Waals surface area contributed by atoms with Crippen LogP contribution in [0.25, 0.3) is 0 Å². The molecule has 0 rings (SSSR count). The van der Waals surface area contributed by atoms with Crippen molar-refractivity contribution < 1.29 is 80.2 Å². The van der Waals surface area contributed by atoms with Gasteiger partial charge in [0.2, 0.25) is 0 Å². The Morgan fingerprint density at radius 2 is 0.568 bits per heavy atom. The zero-order valence-electron chi connectivity index (χ0n) is 51.9. The van der Waals surface area contributed by atoms with Crippen molar-refractivity contribution in [3.63, 3.8) is 0 Å². The van der Waals surface area contributed by atoms with Crippen LogP contribution < -0.4 is 0 Å². The number of hydrogen-bond acceptors (Lipinski definition) is 15. The number of carbonyl (C=O) groups excluding carboxylic acids is 4. The quantitative estimate of drug-likeness (QED) is 0.0222. The zero-order chi connectivity index (χ0) is 59.9. The maximum Gasteiger partial charge on any atom is 0.472 e. The smallest absolute Gasteiger partial charge is 0.462 e. The molecule has 0 amide bonds. The van der Waals surface area contributed by atoms with Gasteiger partial charge in [-0.05, 0) is 31.6 Å². The van der Waals surface area contributed by atoms with Crippen molar-refractivity contribution in [1.29, 1.82) is 0 Å². The molecule has 0 aromatic rings. The number of ether oxygens (including phenoxy) is 4. The topological polar surface area (TPSA) is 237 Å². The molecule has 0 aliphatic carbocycles. The molecule has 17 nitrogen and oxygen atoms in total. The van der Waals surface area contributed by atoms with E-state index in [4.69, 9.17) is 37.0 Å². The minimum absolute atomic E-state index is 0.104. The highest BCUT2D eigenvalue weighted by Crippen LogP contribution is 2.45. The minimum atomic E-state index is -4.94. The summed E-state index contributed by atoms with van der Waals surface area (Å²) >= 11 is 0. The van der Waals surface area contributed by atoms with Crippen LogP contribution in [0.15, 0.2) is 0 Å². The molecule has 0 saturated heterocycles. The van der Waals surface area contributed by atoms with Crippen LogP contribution in [0, 0.1) is 5.92 Å². The van der Waals surface area contributed by atoms with Crippen molar-refractivity contribution in [2.45, 2.75) is 329 Å². The maximum atomic E-state index is 13.0. The Morgan fingerprint density at radius 1 is 0.333 bits per heavy atom. The molecular formula is C62H120O17P2. The molecule has 0 spiro atoms. The van der Waals surface area contributed by atoms with Crippen LogP contribution in [0.3, 0.4) is 0 Å². The van der Waals surface area contributed by atoms with Gasteiger partial charge in [0.25, 0.3) is 0 Å². The number of phosphoric acid groups is 2. The van der Waals surface area contributed by atoms with Gasteiger partial charge in [-0.15, -0.1) is 0 Å². The molecule has 3 N–H and O–H groups in total. The zero-order valence-corrected chi connectivity index (χ0v) is 53.7. The van der Waals surface area contributed by atoms with Crippen molar-refractivity contribution in [2.75, 3.05) is 39.6 Å². The molecular weight excluding hydrogens is 1080 g/mol. The van der Waals surface area contributed by atoms with Gasteiger partial charge in [0.05, 0.1) is 26.4 Å². The van der Waals surface area contributed by atoms with E-state index in [2.05, 4.69) is 34.6 Å². The summed E-state index contributed by atoms with van der Waals surface area (Å²) in [5.41, 5.74) is 0. The summed E-state index contributed by atoms with van der Waals surface area (Å²) in [7, 11) is -9.87. The third kappa shape index (κ3) is 56.9. The Hall–Kier alpha value is -1.94. The van der Waals surface area contributed by atoms with Crippen molar-refractivity contribution in [3.05, 3.63) is 0 Å². The summed E-state index contributed by atoms with van der Waals surface area (Å²) in [4.78, 5) is 71.8. The maximum absolute atomic E-state index is 13.0. The van der Waals surface area contributed by atoms with Crippen LogP contribution >= 0.6 is 15.6 Å². The number of carbonyl (C=O) groups is 4. The molecule has 480 valence electrons. The molecule has 0 bridgehead atoms. The largest absolute Gasteiger partial charge is 0.472 e. The van der Waals surface area contributed by atoms with Crippen molar-refractivity contribution in [2.24, 2.45) is 5.92 Å². The average Bonchev–Trinajstić information content (AvgIpc) is 3.43. The van der Waals surface area contributed by atoms with E-state index >= 15 is 0 Å². The van der Waals surface area contributed by atoms with Gasteiger partial charge in [0.1, 0.15) is 19.3 Å². The van der Waals surface area contributed by atoms with Gasteiger partial charge in [-0.3, -0.25) is 37.3 Å². The molecule has 0 aromatic heterocycles. The number of aliphatic hydroxyl groups is 1. The van der Waals surface area contributed by atoms with E-state index in [1.165, 1.54) is 122 Å². The average molecular weight is 1200 g/mol. The monoisotopic (exact) mass is 1200 g/mol. The molecule has 0 fully saturated rings. The van der Waals surface area contributed by atoms with E-state index in [-0.39, 0.29) is 25.7 Å². The van der Waals surface area contributed by atoms with Crippen LogP contribution in [0.2, 0.25) is 0 Å². The fraction of sp³-hybridized carbons (Fsp3) is 0.935. The van der Waals surface area contributed by atoms with Crippen molar-refractivity contribution >= 4 is 39.5 Å². The third-order valence-electron chi connectivity index (χ3n) is 14.3. The van der Waals surface area contributed by atoms with Gasteiger partial charge >= 0.3 is 39.5 Å². The van der Waals surface area contributed by atoms with Crippen molar-refractivity contribution in [1.82, 2.24) is 0 Å². The second kappa shape index (κ2) is 55.9. The first-order chi connectivity index (χ1) is 39.0. The lowest BCUT2D eigenvalue weighted by Gasteiger charge is -2.21. The Kier molecular flexibility index (Phi) is 54.6. The summed E-state index contributed by atoms with van der Waals surface area (Å²) in [5, 5.41) is 10.5.